The van der Waals surface area contributed by atoms with Gasteiger partial charge in [-0.2, -0.15) is 5.26 Å². The second kappa shape index (κ2) is 9.82. The molecule has 3 rings (SSSR count). The van der Waals surface area contributed by atoms with Gasteiger partial charge >= 0.3 is 0 Å². The van der Waals surface area contributed by atoms with E-state index in [1.165, 1.54) is 24.3 Å². The van der Waals surface area contributed by atoms with E-state index in [0.717, 1.165) is 28.6 Å². The van der Waals surface area contributed by atoms with Crippen LogP contribution in [0.1, 0.15) is 16.7 Å². The van der Waals surface area contributed by atoms with Gasteiger partial charge < -0.3 is 5.32 Å². The fraction of sp³-hybridized carbons (Fsp3) is 0.125. The third kappa shape index (κ3) is 5.35. The van der Waals surface area contributed by atoms with Crippen molar-refractivity contribution in [1.82, 2.24) is 0 Å². The van der Waals surface area contributed by atoms with Crippen LogP contribution in [0.2, 0.25) is 0 Å². The average molecular weight is 453 g/mol. The molecule has 0 aliphatic rings. The standard InChI is InChI=1S/C24H21FN2O2S2/c1-17-8-6-9-18(2)23(17)27-24(30-16-19-10-7-11-20(25)14-19)22(15-26)31(28,29)21-12-4-3-5-13-21/h3-14,27H,16H2,1-2H3/b24-22+. The van der Waals surface area contributed by atoms with Gasteiger partial charge in [-0.1, -0.05) is 48.5 Å². The van der Waals surface area contributed by atoms with Crippen LogP contribution >= 0.6 is 11.8 Å². The van der Waals surface area contributed by atoms with Gasteiger partial charge in [0.2, 0.25) is 9.84 Å². The Morgan fingerprint density at radius 2 is 1.65 bits per heavy atom. The number of para-hydroxylation sites is 1. The van der Waals surface area contributed by atoms with Gasteiger partial charge in [0.25, 0.3) is 0 Å². The van der Waals surface area contributed by atoms with Crippen LogP contribution in [0.5, 0.6) is 0 Å². The average Bonchev–Trinajstić information content (AvgIpc) is 2.75. The molecule has 0 aromatic heterocycles. The number of thioether (sulfide) groups is 1. The number of rotatable bonds is 7. The van der Waals surface area contributed by atoms with E-state index in [2.05, 4.69) is 5.32 Å². The summed E-state index contributed by atoms with van der Waals surface area (Å²) in [5.41, 5.74) is 3.25. The quantitative estimate of drug-likeness (QED) is 0.448. The fourth-order valence-corrected chi connectivity index (χ4v) is 5.53. The van der Waals surface area contributed by atoms with Gasteiger partial charge in [0.05, 0.1) is 4.90 Å². The molecule has 1 N–H and O–H groups in total. The summed E-state index contributed by atoms with van der Waals surface area (Å²) in [5, 5.41) is 13.2. The van der Waals surface area contributed by atoms with Crippen molar-refractivity contribution in [1.29, 1.82) is 5.26 Å². The number of nitriles is 1. The second-order valence-corrected chi connectivity index (χ2v) is 9.77. The lowest BCUT2D eigenvalue weighted by molar-refractivity contribution is 0.603. The second-order valence-electron chi connectivity index (χ2n) is 6.90. The molecule has 3 aromatic carbocycles. The molecule has 0 heterocycles. The zero-order chi connectivity index (χ0) is 22.4. The van der Waals surface area contributed by atoms with Crippen LogP contribution in [0.25, 0.3) is 0 Å². The lowest BCUT2D eigenvalue weighted by Crippen LogP contribution is -2.11. The molecule has 0 bridgehead atoms. The van der Waals surface area contributed by atoms with Crippen molar-refractivity contribution < 1.29 is 12.8 Å². The van der Waals surface area contributed by atoms with Crippen molar-refractivity contribution >= 4 is 27.3 Å². The lowest BCUT2D eigenvalue weighted by atomic mass is 10.1. The van der Waals surface area contributed by atoms with E-state index < -0.39 is 9.84 Å². The predicted octanol–water partition coefficient (Wildman–Crippen LogP) is 5.95. The molecule has 0 radical (unpaired) electrons. The van der Waals surface area contributed by atoms with Crippen molar-refractivity contribution in [3.8, 4) is 6.07 Å². The Morgan fingerprint density at radius 1 is 1.00 bits per heavy atom. The van der Waals surface area contributed by atoms with E-state index in [4.69, 9.17) is 0 Å². The van der Waals surface area contributed by atoms with Gasteiger partial charge in [-0.15, -0.1) is 11.8 Å². The zero-order valence-corrected chi connectivity index (χ0v) is 18.7. The minimum atomic E-state index is -4.05. The fourth-order valence-electron chi connectivity index (χ4n) is 3.02. The Morgan fingerprint density at radius 3 is 2.26 bits per heavy atom. The van der Waals surface area contributed by atoms with Crippen LogP contribution < -0.4 is 5.32 Å². The van der Waals surface area contributed by atoms with Crippen LogP contribution in [0, 0.1) is 31.0 Å². The molecule has 7 heteroatoms. The monoisotopic (exact) mass is 452 g/mol. The summed E-state index contributed by atoms with van der Waals surface area (Å²) in [6, 6.07) is 21.5. The van der Waals surface area contributed by atoms with Gasteiger partial charge in [0.1, 0.15) is 16.9 Å². The first kappa shape index (κ1) is 22.6. The molecule has 0 spiro atoms. The largest absolute Gasteiger partial charge is 0.348 e. The minimum absolute atomic E-state index is 0.0405. The molecular formula is C24H21FN2O2S2. The van der Waals surface area contributed by atoms with Crippen LogP contribution in [0.4, 0.5) is 10.1 Å². The summed E-state index contributed by atoms with van der Waals surface area (Å²) >= 11 is 1.15. The van der Waals surface area contributed by atoms with Gasteiger partial charge in [-0.25, -0.2) is 12.8 Å². The number of hydrogen-bond donors (Lipinski definition) is 1. The number of hydrogen-bond acceptors (Lipinski definition) is 5. The summed E-state index contributed by atoms with van der Waals surface area (Å²) in [7, 11) is -4.05. The number of nitrogens with zero attached hydrogens (tertiary/aromatic N) is 1. The molecule has 158 valence electrons. The van der Waals surface area contributed by atoms with Crippen LogP contribution in [0.3, 0.4) is 0 Å². The number of nitrogens with one attached hydrogen (secondary N) is 1. The highest BCUT2D eigenvalue weighted by molar-refractivity contribution is 8.04. The SMILES string of the molecule is Cc1cccc(C)c1N/C(SCc1cccc(F)c1)=C(/C#N)S(=O)(=O)c1ccccc1. The van der Waals surface area contributed by atoms with Crippen molar-refractivity contribution in [2.45, 2.75) is 24.5 Å². The summed E-state index contributed by atoms with van der Waals surface area (Å²) in [6.07, 6.45) is 0. The zero-order valence-electron chi connectivity index (χ0n) is 17.1. The van der Waals surface area contributed by atoms with E-state index in [1.54, 1.807) is 30.3 Å². The molecule has 4 nitrogen and oxygen atoms in total. The van der Waals surface area contributed by atoms with Crippen LogP contribution in [-0.4, -0.2) is 8.42 Å². The van der Waals surface area contributed by atoms with Crippen molar-refractivity contribution in [2.24, 2.45) is 0 Å². The number of sulfone groups is 1. The molecule has 0 fully saturated rings. The molecule has 0 aliphatic carbocycles. The lowest BCUT2D eigenvalue weighted by Gasteiger charge is -2.17. The Bertz CT molecular complexity index is 1240. The summed E-state index contributed by atoms with van der Waals surface area (Å²) < 4.78 is 40.1. The highest BCUT2D eigenvalue weighted by Gasteiger charge is 2.26. The number of halogens is 1. The van der Waals surface area contributed by atoms with Gasteiger partial charge in [0, 0.05) is 11.4 Å². The highest BCUT2D eigenvalue weighted by atomic mass is 32.2. The van der Waals surface area contributed by atoms with Crippen LogP contribution in [-0.2, 0) is 15.6 Å². The summed E-state index contributed by atoms with van der Waals surface area (Å²) in [6.45, 7) is 3.81. The Hall–Kier alpha value is -3.08. The molecule has 0 saturated carbocycles. The maximum Gasteiger partial charge on any atom is 0.219 e. The van der Waals surface area contributed by atoms with Gasteiger partial charge in [-0.05, 0) is 54.8 Å². The molecular weight excluding hydrogens is 431 g/mol. The third-order valence-electron chi connectivity index (χ3n) is 4.62. The first-order chi connectivity index (χ1) is 14.8. The molecule has 0 aliphatic heterocycles. The molecule has 0 atom stereocenters. The number of benzene rings is 3. The Kier molecular flexibility index (Phi) is 7.16. The maximum absolute atomic E-state index is 13.6. The number of anilines is 1. The van der Waals surface area contributed by atoms with Crippen molar-refractivity contribution in [3.05, 3.63) is 105 Å². The Labute approximate surface area is 186 Å². The van der Waals surface area contributed by atoms with E-state index in [0.29, 0.717) is 11.3 Å². The highest BCUT2D eigenvalue weighted by Crippen LogP contribution is 2.33. The van der Waals surface area contributed by atoms with E-state index >= 15 is 0 Å². The number of allylic oxidation sites excluding steroid dienone is 1. The first-order valence-corrected chi connectivity index (χ1v) is 11.9. The van der Waals surface area contributed by atoms with E-state index in [9.17, 15) is 18.1 Å². The topological polar surface area (TPSA) is 70.0 Å². The Balaban J connectivity index is 2.09. The smallest absolute Gasteiger partial charge is 0.219 e. The minimum Gasteiger partial charge on any atom is -0.348 e. The molecule has 0 saturated heterocycles. The van der Waals surface area contributed by atoms with Crippen molar-refractivity contribution in [2.75, 3.05) is 5.32 Å². The predicted molar refractivity (Wildman–Crippen MR) is 124 cm³/mol. The maximum atomic E-state index is 13.6. The first-order valence-electron chi connectivity index (χ1n) is 9.48. The van der Waals surface area contributed by atoms with Gasteiger partial charge in [-0.3, -0.25) is 0 Å². The van der Waals surface area contributed by atoms with E-state index in [1.807, 2.05) is 38.1 Å². The molecule has 31 heavy (non-hydrogen) atoms. The van der Waals surface area contributed by atoms with Crippen molar-refractivity contribution in [3.63, 3.8) is 0 Å². The summed E-state index contributed by atoms with van der Waals surface area (Å²) in [4.78, 5) is -0.332. The molecule has 3 aromatic rings. The third-order valence-corrected chi connectivity index (χ3v) is 7.55. The summed E-state index contributed by atoms with van der Waals surface area (Å²) in [5.74, 6) is -0.0794. The van der Waals surface area contributed by atoms with Gasteiger partial charge in [0.15, 0.2) is 4.91 Å². The molecule has 0 unspecified atom stereocenters. The molecule has 0 amide bonds. The normalized spacial score (nSPS) is 12.1. The number of aryl methyl sites for hydroxylation is 2. The van der Waals surface area contributed by atoms with E-state index in [-0.39, 0.29) is 20.6 Å². The van der Waals surface area contributed by atoms with Crippen LogP contribution in [0.15, 0.2) is 87.6 Å².